The van der Waals surface area contributed by atoms with E-state index >= 15 is 0 Å². The van der Waals surface area contributed by atoms with E-state index in [1.807, 2.05) is 12.1 Å². The Labute approximate surface area is 171 Å². The number of rotatable bonds is 6. The maximum Gasteiger partial charge on any atom is 0.347 e. The zero-order valence-corrected chi connectivity index (χ0v) is 16.9. The summed E-state index contributed by atoms with van der Waals surface area (Å²) in [4.78, 5) is 18.6. The molecule has 0 aromatic heterocycles. The van der Waals surface area contributed by atoms with Crippen molar-refractivity contribution >= 4 is 17.6 Å². The highest BCUT2D eigenvalue weighted by Crippen LogP contribution is 2.20. The molecule has 1 heterocycles. The molecule has 0 spiro atoms. The molecular formula is C22H28N4O3. The fraction of sp³-hybridized carbons (Fsp3) is 0.364. The number of nitrogens with zero attached hydrogens (tertiary/aromatic N) is 2. The molecule has 1 unspecified atom stereocenters. The molecule has 29 heavy (non-hydrogen) atoms. The van der Waals surface area contributed by atoms with Crippen LogP contribution in [0.2, 0.25) is 0 Å². The smallest absolute Gasteiger partial charge is 0.347 e. The Bertz CT molecular complexity index is 834. The van der Waals surface area contributed by atoms with Crippen LogP contribution in [0.3, 0.4) is 0 Å². The predicted molar refractivity (Wildman–Crippen MR) is 115 cm³/mol. The highest BCUT2D eigenvalue weighted by molar-refractivity contribution is 6.00. The quantitative estimate of drug-likeness (QED) is 0.576. The molecule has 0 bridgehead atoms. The second kappa shape index (κ2) is 9.93. The average Bonchev–Trinajstić information content (AvgIpc) is 2.75. The van der Waals surface area contributed by atoms with Crippen LogP contribution < -0.4 is 20.5 Å². The summed E-state index contributed by atoms with van der Waals surface area (Å²) in [6, 6.07) is 14.7. The van der Waals surface area contributed by atoms with Crippen molar-refractivity contribution < 1.29 is 14.3 Å². The van der Waals surface area contributed by atoms with Crippen LogP contribution in [0.1, 0.15) is 18.4 Å². The lowest BCUT2D eigenvalue weighted by atomic mass is 9.96. The summed E-state index contributed by atoms with van der Waals surface area (Å²) >= 11 is 0. The van der Waals surface area contributed by atoms with Crippen LogP contribution >= 0.6 is 0 Å². The van der Waals surface area contributed by atoms with E-state index in [1.54, 1.807) is 38.5 Å². The number of amidine groups is 1. The Morgan fingerprint density at radius 1 is 1.10 bits per heavy atom. The summed E-state index contributed by atoms with van der Waals surface area (Å²) in [7, 11) is 3.26. The van der Waals surface area contributed by atoms with Crippen molar-refractivity contribution in [2.24, 2.45) is 16.6 Å². The highest BCUT2D eigenvalue weighted by atomic mass is 16.5. The standard InChI is InChI=1S/C22H28N4O3/c1-28-19-9-5-16(6-10-19)14-26-13-3-4-17(15-26)21(23)25-22(27)24-18-7-11-20(29-2)12-8-18/h5-12,17H,3-4,13-15H2,1-2H3,(H3,23,24,25,27). The van der Waals surface area contributed by atoms with E-state index in [4.69, 9.17) is 15.2 Å². The molecule has 0 aliphatic carbocycles. The predicted octanol–water partition coefficient (Wildman–Crippen LogP) is 3.51. The first-order chi connectivity index (χ1) is 14.1. The summed E-state index contributed by atoms with van der Waals surface area (Å²) in [5.41, 5.74) is 8.04. The maximum absolute atomic E-state index is 12.2. The number of nitrogens with two attached hydrogens (primary N) is 1. The molecule has 0 radical (unpaired) electrons. The molecule has 1 aliphatic rings. The van der Waals surface area contributed by atoms with Crippen molar-refractivity contribution in [2.45, 2.75) is 19.4 Å². The topological polar surface area (TPSA) is 89.2 Å². The van der Waals surface area contributed by atoms with E-state index in [1.165, 1.54) is 5.56 Å². The van der Waals surface area contributed by atoms with Gasteiger partial charge in [0.15, 0.2) is 0 Å². The van der Waals surface area contributed by atoms with Gasteiger partial charge in [0.2, 0.25) is 0 Å². The third-order valence-corrected chi connectivity index (χ3v) is 5.06. The Morgan fingerprint density at radius 3 is 2.34 bits per heavy atom. The van der Waals surface area contributed by atoms with Crippen molar-refractivity contribution in [3.63, 3.8) is 0 Å². The normalized spacial score (nSPS) is 17.6. The highest BCUT2D eigenvalue weighted by Gasteiger charge is 2.23. The number of carbonyl (C=O) groups is 1. The van der Waals surface area contributed by atoms with Gasteiger partial charge in [0, 0.05) is 24.7 Å². The summed E-state index contributed by atoms with van der Waals surface area (Å²) in [6.45, 7) is 2.64. The van der Waals surface area contributed by atoms with Crippen LogP contribution in [0, 0.1) is 5.92 Å². The van der Waals surface area contributed by atoms with Crippen LogP contribution in [0.4, 0.5) is 10.5 Å². The van der Waals surface area contributed by atoms with Gasteiger partial charge in [-0.3, -0.25) is 4.90 Å². The van der Waals surface area contributed by atoms with Gasteiger partial charge in [-0.05, 0) is 61.3 Å². The van der Waals surface area contributed by atoms with Gasteiger partial charge >= 0.3 is 6.03 Å². The average molecular weight is 396 g/mol. The second-order valence-electron chi connectivity index (χ2n) is 7.12. The van der Waals surface area contributed by atoms with Crippen LogP contribution in [0.5, 0.6) is 11.5 Å². The number of urea groups is 1. The Balaban J connectivity index is 1.55. The number of hydrogen-bond acceptors (Lipinski definition) is 4. The van der Waals surface area contributed by atoms with Crippen LogP contribution in [-0.2, 0) is 6.54 Å². The molecule has 2 amide bonds. The number of hydrogen-bond donors (Lipinski definition) is 2. The van der Waals surface area contributed by atoms with Crippen LogP contribution in [0.15, 0.2) is 53.5 Å². The van der Waals surface area contributed by atoms with Gasteiger partial charge in [0.25, 0.3) is 0 Å². The number of ether oxygens (including phenoxy) is 2. The monoisotopic (exact) mass is 396 g/mol. The van der Waals surface area contributed by atoms with Gasteiger partial charge < -0.3 is 20.5 Å². The summed E-state index contributed by atoms with van der Waals surface area (Å²) in [5, 5.41) is 2.74. The number of likely N-dealkylation sites (tertiary alicyclic amines) is 1. The number of amides is 2. The number of benzene rings is 2. The van der Waals surface area contributed by atoms with Gasteiger partial charge in [-0.15, -0.1) is 0 Å². The lowest BCUT2D eigenvalue weighted by molar-refractivity contribution is 0.196. The largest absolute Gasteiger partial charge is 0.497 e. The Hall–Kier alpha value is -3.06. The van der Waals surface area contributed by atoms with Crippen molar-refractivity contribution in [2.75, 3.05) is 32.6 Å². The van der Waals surface area contributed by atoms with E-state index in [0.717, 1.165) is 44.0 Å². The number of nitrogens with one attached hydrogen (secondary N) is 1. The molecule has 7 heteroatoms. The van der Waals surface area contributed by atoms with Gasteiger partial charge in [-0.1, -0.05) is 12.1 Å². The molecule has 1 fully saturated rings. The molecule has 1 aliphatic heterocycles. The number of carbonyl (C=O) groups excluding carboxylic acids is 1. The third kappa shape index (κ3) is 5.96. The summed E-state index contributed by atoms with van der Waals surface area (Å²) in [5.74, 6) is 2.04. The lowest BCUT2D eigenvalue weighted by Crippen LogP contribution is -2.41. The SMILES string of the molecule is COc1ccc(CN2CCCC(/C(N)=N/C(=O)Nc3ccc(OC)cc3)C2)cc1. The van der Waals surface area contributed by atoms with Gasteiger partial charge in [-0.2, -0.15) is 4.99 Å². The first-order valence-electron chi connectivity index (χ1n) is 9.71. The first kappa shape index (κ1) is 20.7. The molecule has 154 valence electrons. The number of methoxy groups -OCH3 is 2. The van der Waals surface area contributed by atoms with Crippen molar-refractivity contribution in [1.29, 1.82) is 0 Å². The minimum atomic E-state index is -0.458. The van der Waals surface area contributed by atoms with Crippen LogP contribution in [0.25, 0.3) is 0 Å². The molecule has 1 saturated heterocycles. The molecule has 3 N–H and O–H groups in total. The van der Waals surface area contributed by atoms with Crippen LogP contribution in [-0.4, -0.2) is 44.1 Å². The van der Waals surface area contributed by atoms with E-state index in [2.05, 4.69) is 27.3 Å². The minimum absolute atomic E-state index is 0.0728. The number of aliphatic imine (C=N–C) groups is 1. The number of anilines is 1. The van der Waals surface area contributed by atoms with Gasteiger partial charge in [0.1, 0.15) is 17.3 Å². The zero-order valence-electron chi connectivity index (χ0n) is 16.9. The zero-order chi connectivity index (χ0) is 20.6. The molecule has 1 atom stereocenters. The molecule has 3 rings (SSSR count). The lowest BCUT2D eigenvalue weighted by Gasteiger charge is -2.32. The first-order valence-corrected chi connectivity index (χ1v) is 9.71. The van der Waals surface area contributed by atoms with E-state index in [0.29, 0.717) is 11.5 Å². The molecule has 0 saturated carbocycles. The maximum atomic E-state index is 12.2. The van der Waals surface area contributed by atoms with Crippen molar-refractivity contribution in [1.82, 2.24) is 4.90 Å². The fourth-order valence-corrected chi connectivity index (χ4v) is 3.46. The molecule has 2 aromatic rings. The Kier molecular flexibility index (Phi) is 7.08. The van der Waals surface area contributed by atoms with E-state index in [-0.39, 0.29) is 5.92 Å². The fourth-order valence-electron chi connectivity index (χ4n) is 3.46. The van der Waals surface area contributed by atoms with Crippen molar-refractivity contribution in [3.8, 4) is 11.5 Å². The third-order valence-electron chi connectivity index (χ3n) is 5.06. The second-order valence-corrected chi connectivity index (χ2v) is 7.12. The molecular weight excluding hydrogens is 368 g/mol. The Morgan fingerprint density at radius 2 is 1.72 bits per heavy atom. The van der Waals surface area contributed by atoms with E-state index in [9.17, 15) is 4.79 Å². The minimum Gasteiger partial charge on any atom is -0.497 e. The molecule has 7 nitrogen and oxygen atoms in total. The number of piperidine rings is 1. The van der Waals surface area contributed by atoms with Gasteiger partial charge in [-0.25, -0.2) is 4.79 Å². The van der Waals surface area contributed by atoms with E-state index < -0.39 is 6.03 Å². The molecule has 2 aromatic carbocycles. The van der Waals surface area contributed by atoms with Crippen molar-refractivity contribution in [3.05, 3.63) is 54.1 Å². The van der Waals surface area contributed by atoms with Gasteiger partial charge in [0.05, 0.1) is 14.2 Å². The summed E-state index contributed by atoms with van der Waals surface area (Å²) < 4.78 is 10.3. The summed E-state index contributed by atoms with van der Waals surface area (Å²) in [6.07, 6.45) is 1.96.